The standard InChI is InChI=1S/C9H8ClNO2/c10-8-1-2-9(13-4-3-12)7(5-8)6-11/h1-2,5,12H,3-4H2. The molecule has 0 amide bonds. The van der Waals surface area contributed by atoms with Gasteiger partial charge in [0, 0.05) is 5.02 Å². The lowest BCUT2D eigenvalue weighted by atomic mass is 10.2. The second-order valence-corrected chi connectivity index (χ2v) is 2.76. The molecule has 0 aliphatic rings. The van der Waals surface area contributed by atoms with Crippen LogP contribution in [0, 0.1) is 11.3 Å². The summed E-state index contributed by atoms with van der Waals surface area (Å²) in [6.45, 7) is 0.101. The van der Waals surface area contributed by atoms with E-state index in [0.717, 1.165) is 0 Å². The highest BCUT2D eigenvalue weighted by atomic mass is 35.5. The maximum Gasteiger partial charge on any atom is 0.137 e. The molecule has 1 rings (SSSR count). The number of hydrogen-bond acceptors (Lipinski definition) is 3. The minimum absolute atomic E-state index is 0.0759. The first-order valence-electron chi connectivity index (χ1n) is 3.71. The number of halogens is 1. The van der Waals surface area contributed by atoms with Crippen molar-refractivity contribution in [3.63, 3.8) is 0 Å². The molecule has 4 heteroatoms. The number of ether oxygens (including phenoxy) is 1. The molecule has 0 aliphatic heterocycles. The maximum absolute atomic E-state index is 8.69. The largest absolute Gasteiger partial charge is 0.490 e. The summed E-state index contributed by atoms with van der Waals surface area (Å²) in [4.78, 5) is 0. The first kappa shape index (κ1) is 9.85. The number of rotatable bonds is 3. The molecule has 0 fully saturated rings. The topological polar surface area (TPSA) is 53.2 Å². The molecule has 0 saturated carbocycles. The van der Waals surface area contributed by atoms with Crippen molar-refractivity contribution in [3.05, 3.63) is 28.8 Å². The number of benzene rings is 1. The van der Waals surface area contributed by atoms with Crippen molar-refractivity contribution in [3.8, 4) is 11.8 Å². The van der Waals surface area contributed by atoms with E-state index in [2.05, 4.69) is 0 Å². The van der Waals surface area contributed by atoms with Crippen molar-refractivity contribution in [2.75, 3.05) is 13.2 Å². The Morgan fingerprint density at radius 1 is 1.54 bits per heavy atom. The van der Waals surface area contributed by atoms with E-state index in [4.69, 9.17) is 26.7 Å². The fourth-order valence-electron chi connectivity index (χ4n) is 0.871. The minimum atomic E-state index is -0.0759. The van der Waals surface area contributed by atoms with Crippen LogP contribution in [0.25, 0.3) is 0 Å². The quantitative estimate of drug-likeness (QED) is 0.801. The molecule has 13 heavy (non-hydrogen) atoms. The Morgan fingerprint density at radius 2 is 2.31 bits per heavy atom. The summed E-state index contributed by atoms with van der Waals surface area (Å²) in [6.07, 6.45) is 0. The number of aliphatic hydroxyl groups is 1. The Morgan fingerprint density at radius 3 is 2.92 bits per heavy atom. The zero-order chi connectivity index (χ0) is 9.68. The molecule has 0 spiro atoms. The van der Waals surface area contributed by atoms with Gasteiger partial charge in [-0.3, -0.25) is 0 Å². The molecule has 1 N–H and O–H groups in total. The van der Waals surface area contributed by atoms with Crippen LogP contribution < -0.4 is 4.74 Å². The highest BCUT2D eigenvalue weighted by Gasteiger charge is 2.02. The van der Waals surface area contributed by atoms with Gasteiger partial charge in [-0.25, -0.2) is 0 Å². The molecular formula is C9H8ClNO2. The molecule has 68 valence electrons. The van der Waals surface area contributed by atoms with E-state index in [9.17, 15) is 0 Å². The summed E-state index contributed by atoms with van der Waals surface area (Å²) < 4.78 is 5.10. The number of nitrogens with zero attached hydrogens (tertiary/aromatic N) is 1. The van der Waals surface area contributed by atoms with E-state index < -0.39 is 0 Å². The van der Waals surface area contributed by atoms with Gasteiger partial charge >= 0.3 is 0 Å². The average Bonchev–Trinajstić information content (AvgIpc) is 2.16. The first-order chi connectivity index (χ1) is 6.27. The molecule has 1 aromatic rings. The highest BCUT2D eigenvalue weighted by molar-refractivity contribution is 6.30. The van der Waals surface area contributed by atoms with Crippen molar-refractivity contribution < 1.29 is 9.84 Å². The Bertz CT molecular complexity index is 333. The Kier molecular flexibility index (Phi) is 3.56. The zero-order valence-corrected chi connectivity index (χ0v) is 7.58. The summed E-state index contributed by atoms with van der Waals surface area (Å²) in [5, 5.41) is 17.7. The number of hydrogen-bond donors (Lipinski definition) is 1. The van der Waals surface area contributed by atoms with Gasteiger partial charge < -0.3 is 9.84 Å². The van der Waals surface area contributed by atoms with Crippen LogP contribution in [0.5, 0.6) is 5.75 Å². The molecule has 0 saturated heterocycles. The van der Waals surface area contributed by atoms with Crippen LogP contribution in [0.15, 0.2) is 18.2 Å². The molecule has 0 atom stereocenters. The fourth-order valence-corrected chi connectivity index (χ4v) is 1.04. The first-order valence-corrected chi connectivity index (χ1v) is 4.09. The Hall–Kier alpha value is -1.24. The van der Waals surface area contributed by atoms with Crippen LogP contribution in [0.1, 0.15) is 5.56 Å². The smallest absolute Gasteiger partial charge is 0.137 e. The van der Waals surface area contributed by atoms with Gasteiger partial charge in [-0.2, -0.15) is 5.26 Å². The van der Waals surface area contributed by atoms with Gasteiger partial charge in [-0.05, 0) is 18.2 Å². The van der Waals surface area contributed by atoms with Crippen molar-refractivity contribution in [1.82, 2.24) is 0 Å². The maximum atomic E-state index is 8.69. The number of aliphatic hydroxyl groups excluding tert-OH is 1. The molecular weight excluding hydrogens is 190 g/mol. The summed E-state index contributed by atoms with van der Waals surface area (Å²) in [5.41, 5.74) is 0.376. The van der Waals surface area contributed by atoms with Gasteiger partial charge in [0.25, 0.3) is 0 Å². The lowest BCUT2D eigenvalue weighted by molar-refractivity contribution is 0.201. The molecule has 0 bridgehead atoms. The third-order valence-corrected chi connectivity index (χ3v) is 1.65. The minimum Gasteiger partial charge on any atom is -0.490 e. The van der Waals surface area contributed by atoms with Gasteiger partial charge in [-0.1, -0.05) is 11.6 Å². The van der Waals surface area contributed by atoms with Gasteiger partial charge in [0.05, 0.1) is 12.2 Å². The molecule has 0 heterocycles. The van der Waals surface area contributed by atoms with Crippen molar-refractivity contribution >= 4 is 11.6 Å². The van der Waals surface area contributed by atoms with Gasteiger partial charge in [0.15, 0.2) is 0 Å². The summed E-state index contributed by atoms with van der Waals surface area (Å²) in [7, 11) is 0. The van der Waals surface area contributed by atoms with Crippen LogP contribution >= 0.6 is 11.6 Å². The van der Waals surface area contributed by atoms with Crippen molar-refractivity contribution in [2.24, 2.45) is 0 Å². The Balaban J connectivity index is 2.88. The van der Waals surface area contributed by atoms with E-state index in [1.54, 1.807) is 12.1 Å². The summed E-state index contributed by atoms with van der Waals surface area (Å²) in [6, 6.07) is 6.72. The normalized spacial score (nSPS) is 9.31. The summed E-state index contributed by atoms with van der Waals surface area (Å²) >= 11 is 5.67. The lowest BCUT2D eigenvalue weighted by Crippen LogP contribution is -2.02. The predicted molar refractivity (Wildman–Crippen MR) is 48.7 cm³/mol. The third kappa shape index (κ3) is 2.62. The van der Waals surface area contributed by atoms with Crippen LogP contribution in [-0.2, 0) is 0 Å². The molecule has 3 nitrogen and oxygen atoms in total. The van der Waals surface area contributed by atoms with Crippen LogP contribution in [0.3, 0.4) is 0 Å². The molecule has 0 aliphatic carbocycles. The van der Waals surface area contributed by atoms with Gasteiger partial charge in [-0.15, -0.1) is 0 Å². The molecule has 0 unspecified atom stereocenters. The van der Waals surface area contributed by atoms with Crippen molar-refractivity contribution in [1.29, 1.82) is 5.26 Å². The van der Waals surface area contributed by atoms with E-state index in [0.29, 0.717) is 16.3 Å². The molecule has 0 aromatic heterocycles. The number of nitriles is 1. The predicted octanol–water partition coefficient (Wildman–Crippen LogP) is 1.58. The highest BCUT2D eigenvalue weighted by Crippen LogP contribution is 2.21. The molecule has 1 aromatic carbocycles. The second kappa shape index (κ2) is 4.70. The third-order valence-electron chi connectivity index (χ3n) is 1.41. The van der Waals surface area contributed by atoms with E-state index >= 15 is 0 Å². The lowest BCUT2D eigenvalue weighted by Gasteiger charge is -2.05. The zero-order valence-electron chi connectivity index (χ0n) is 6.83. The van der Waals surface area contributed by atoms with E-state index in [1.165, 1.54) is 6.07 Å². The summed E-state index contributed by atoms with van der Waals surface area (Å²) in [5.74, 6) is 0.445. The monoisotopic (exact) mass is 197 g/mol. The fraction of sp³-hybridized carbons (Fsp3) is 0.222. The average molecular weight is 198 g/mol. The van der Waals surface area contributed by atoms with E-state index in [1.807, 2.05) is 6.07 Å². The SMILES string of the molecule is N#Cc1cc(Cl)ccc1OCCO. The second-order valence-electron chi connectivity index (χ2n) is 2.32. The molecule has 0 radical (unpaired) electrons. The van der Waals surface area contributed by atoms with Gasteiger partial charge in [0.2, 0.25) is 0 Å². The van der Waals surface area contributed by atoms with Crippen LogP contribution in [-0.4, -0.2) is 18.3 Å². The van der Waals surface area contributed by atoms with E-state index in [-0.39, 0.29) is 13.2 Å². The Labute approximate surface area is 81.1 Å². The van der Waals surface area contributed by atoms with Crippen molar-refractivity contribution in [2.45, 2.75) is 0 Å². The van der Waals surface area contributed by atoms with Crippen LogP contribution in [0.4, 0.5) is 0 Å². The van der Waals surface area contributed by atoms with Gasteiger partial charge in [0.1, 0.15) is 18.4 Å². The van der Waals surface area contributed by atoms with Crippen LogP contribution in [0.2, 0.25) is 5.02 Å².